The minimum Gasteiger partial charge on any atom is -0.346 e. The second-order valence-electron chi connectivity index (χ2n) is 4.48. The Bertz CT molecular complexity index is 778. The van der Waals surface area contributed by atoms with Gasteiger partial charge in [0.2, 0.25) is 5.82 Å². The van der Waals surface area contributed by atoms with Crippen LogP contribution in [0.15, 0.2) is 60.5 Å². The zero-order chi connectivity index (χ0) is 15.4. The van der Waals surface area contributed by atoms with Crippen molar-refractivity contribution in [3.8, 4) is 16.4 Å². The lowest BCUT2D eigenvalue weighted by Crippen LogP contribution is -2.24. The number of aromatic nitrogens is 3. The minimum absolute atomic E-state index is 0.147. The first-order valence-electron chi connectivity index (χ1n) is 6.75. The highest BCUT2D eigenvalue weighted by Gasteiger charge is 2.18. The standard InChI is InChI=1S/C16H14N4OS/c1-2-10-17-16(21)14-18-15(13-9-6-11-22-13)20(19-14)12-7-4-3-5-8-12/h2-9,11H,1,10H2,(H,17,21). The topological polar surface area (TPSA) is 59.8 Å². The maximum atomic E-state index is 12.1. The monoisotopic (exact) mass is 310 g/mol. The SMILES string of the molecule is C=CCNC(=O)c1nc(-c2cccs2)n(-c2ccccc2)n1. The summed E-state index contributed by atoms with van der Waals surface area (Å²) in [6.07, 6.45) is 1.62. The molecule has 0 radical (unpaired) electrons. The van der Waals surface area contributed by atoms with E-state index in [0.29, 0.717) is 12.4 Å². The van der Waals surface area contributed by atoms with Crippen LogP contribution in [0.2, 0.25) is 0 Å². The third-order valence-corrected chi connectivity index (χ3v) is 3.83. The van der Waals surface area contributed by atoms with Gasteiger partial charge >= 0.3 is 0 Å². The summed E-state index contributed by atoms with van der Waals surface area (Å²) >= 11 is 1.56. The van der Waals surface area contributed by atoms with E-state index in [4.69, 9.17) is 0 Å². The van der Waals surface area contributed by atoms with Gasteiger partial charge in [-0.05, 0) is 23.6 Å². The van der Waals surface area contributed by atoms with Crippen LogP contribution in [0, 0.1) is 0 Å². The third-order valence-electron chi connectivity index (χ3n) is 2.96. The smallest absolute Gasteiger partial charge is 0.291 e. The Balaban J connectivity index is 2.05. The van der Waals surface area contributed by atoms with Crippen molar-refractivity contribution in [3.63, 3.8) is 0 Å². The van der Waals surface area contributed by atoms with Gasteiger partial charge in [-0.2, -0.15) is 0 Å². The highest BCUT2D eigenvalue weighted by molar-refractivity contribution is 7.13. The average Bonchev–Trinajstić information content (AvgIpc) is 3.22. The number of thiophene rings is 1. The lowest BCUT2D eigenvalue weighted by molar-refractivity contribution is 0.0948. The number of nitrogens with one attached hydrogen (secondary N) is 1. The molecule has 0 fully saturated rings. The van der Waals surface area contributed by atoms with Gasteiger partial charge < -0.3 is 5.32 Å². The maximum absolute atomic E-state index is 12.1. The van der Waals surface area contributed by atoms with Crippen molar-refractivity contribution < 1.29 is 4.79 Å². The van der Waals surface area contributed by atoms with E-state index in [1.807, 2.05) is 47.8 Å². The normalized spacial score (nSPS) is 10.4. The molecule has 3 rings (SSSR count). The second kappa shape index (κ2) is 6.36. The second-order valence-corrected chi connectivity index (χ2v) is 5.43. The fourth-order valence-corrected chi connectivity index (χ4v) is 2.67. The molecule has 0 aliphatic heterocycles. The number of hydrogen-bond acceptors (Lipinski definition) is 4. The summed E-state index contributed by atoms with van der Waals surface area (Å²) < 4.78 is 1.69. The maximum Gasteiger partial charge on any atom is 0.291 e. The first-order chi connectivity index (χ1) is 10.8. The highest BCUT2D eigenvalue weighted by atomic mass is 32.1. The first kappa shape index (κ1) is 14.2. The van der Waals surface area contributed by atoms with Crippen molar-refractivity contribution in [3.05, 3.63) is 66.3 Å². The first-order valence-corrected chi connectivity index (χ1v) is 7.63. The van der Waals surface area contributed by atoms with Gasteiger partial charge in [0.05, 0.1) is 10.6 Å². The summed E-state index contributed by atoms with van der Waals surface area (Å²) in [5.74, 6) is 0.492. The van der Waals surface area contributed by atoms with Crippen LogP contribution in [0.5, 0.6) is 0 Å². The molecule has 2 aromatic heterocycles. The van der Waals surface area contributed by atoms with E-state index in [0.717, 1.165) is 10.6 Å². The fourth-order valence-electron chi connectivity index (χ4n) is 1.97. The number of carbonyl (C=O) groups is 1. The van der Waals surface area contributed by atoms with E-state index < -0.39 is 0 Å². The number of para-hydroxylation sites is 1. The van der Waals surface area contributed by atoms with Gasteiger partial charge in [0.1, 0.15) is 0 Å². The molecule has 3 aromatic rings. The van der Waals surface area contributed by atoms with Crippen LogP contribution in [0.4, 0.5) is 0 Å². The van der Waals surface area contributed by atoms with Gasteiger partial charge in [-0.3, -0.25) is 4.79 Å². The van der Waals surface area contributed by atoms with E-state index in [1.165, 1.54) is 0 Å². The Labute approximate surface area is 131 Å². The molecule has 1 N–H and O–H groups in total. The quantitative estimate of drug-likeness (QED) is 0.737. The summed E-state index contributed by atoms with van der Waals surface area (Å²) in [4.78, 5) is 17.4. The Kier molecular flexibility index (Phi) is 4.11. The van der Waals surface area contributed by atoms with Gasteiger partial charge in [-0.1, -0.05) is 30.3 Å². The zero-order valence-electron chi connectivity index (χ0n) is 11.8. The zero-order valence-corrected chi connectivity index (χ0v) is 12.6. The lowest BCUT2D eigenvalue weighted by Gasteiger charge is -2.03. The summed E-state index contributed by atoms with van der Waals surface area (Å²) in [5, 5.41) is 9.02. The molecule has 1 aromatic carbocycles. The molecule has 1 amide bonds. The highest BCUT2D eigenvalue weighted by Crippen LogP contribution is 2.25. The number of nitrogens with zero attached hydrogens (tertiary/aromatic N) is 3. The van der Waals surface area contributed by atoms with E-state index in [2.05, 4.69) is 22.0 Å². The van der Waals surface area contributed by atoms with Crippen molar-refractivity contribution >= 4 is 17.2 Å². The molecular weight excluding hydrogens is 296 g/mol. The van der Waals surface area contributed by atoms with Gasteiger partial charge in [-0.25, -0.2) is 9.67 Å². The number of rotatable bonds is 5. The molecule has 0 unspecified atom stereocenters. The Morgan fingerprint density at radius 3 is 2.77 bits per heavy atom. The van der Waals surface area contributed by atoms with Crippen LogP contribution in [0.3, 0.4) is 0 Å². The van der Waals surface area contributed by atoms with Crippen LogP contribution in [-0.4, -0.2) is 27.2 Å². The molecule has 0 atom stereocenters. The number of carbonyl (C=O) groups excluding carboxylic acids is 1. The van der Waals surface area contributed by atoms with Crippen LogP contribution in [0.1, 0.15) is 10.6 Å². The predicted octanol–water partition coefficient (Wildman–Crippen LogP) is 2.91. The van der Waals surface area contributed by atoms with Crippen LogP contribution in [-0.2, 0) is 0 Å². The minimum atomic E-state index is -0.313. The molecule has 0 saturated heterocycles. The van der Waals surface area contributed by atoms with Crippen molar-refractivity contribution in [2.24, 2.45) is 0 Å². The molecular formula is C16H14N4OS. The van der Waals surface area contributed by atoms with Crippen LogP contribution < -0.4 is 5.32 Å². The molecule has 0 saturated carbocycles. The van der Waals surface area contributed by atoms with E-state index in [1.54, 1.807) is 22.1 Å². The molecule has 2 heterocycles. The van der Waals surface area contributed by atoms with Crippen molar-refractivity contribution in [2.45, 2.75) is 0 Å². The molecule has 6 heteroatoms. The molecule has 110 valence electrons. The van der Waals surface area contributed by atoms with Crippen LogP contribution in [0.25, 0.3) is 16.4 Å². The van der Waals surface area contributed by atoms with Gasteiger partial charge in [0.15, 0.2) is 5.82 Å². The van der Waals surface area contributed by atoms with E-state index in [-0.39, 0.29) is 11.7 Å². The van der Waals surface area contributed by atoms with Gasteiger partial charge in [-0.15, -0.1) is 23.0 Å². The molecule has 0 aliphatic carbocycles. The Hall–Kier alpha value is -2.73. The van der Waals surface area contributed by atoms with Gasteiger partial charge in [0.25, 0.3) is 5.91 Å². The summed E-state index contributed by atoms with van der Waals surface area (Å²) in [5.41, 5.74) is 0.862. The molecule has 5 nitrogen and oxygen atoms in total. The Morgan fingerprint density at radius 1 is 1.27 bits per heavy atom. The summed E-state index contributed by atoms with van der Waals surface area (Å²) in [7, 11) is 0. The predicted molar refractivity (Wildman–Crippen MR) is 87.2 cm³/mol. The number of amides is 1. The van der Waals surface area contributed by atoms with E-state index in [9.17, 15) is 4.79 Å². The lowest BCUT2D eigenvalue weighted by atomic mass is 10.3. The summed E-state index contributed by atoms with van der Waals surface area (Å²) in [6, 6.07) is 13.5. The number of benzene rings is 1. The fraction of sp³-hybridized carbons (Fsp3) is 0.0625. The third kappa shape index (κ3) is 2.82. The van der Waals surface area contributed by atoms with Crippen molar-refractivity contribution in [1.29, 1.82) is 0 Å². The van der Waals surface area contributed by atoms with Gasteiger partial charge in [0, 0.05) is 6.54 Å². The summed E-state index contributed by atoms with van der Waals surface area (Å²) in [6.45, 7) is 3.96. The van der Waals surface area contributed by atoms with Crippen LogP contribution >= 0.6 is 11.3 Å². The van der Waals surface area contributed by atoms with E-state index >= 15 is 0 Å². The molecule has 22 heavy (non-hydrogen) atoms. The van der Waals surface area contributed by atoms with Crippen molar-refractivity contribution in [1.82, 2.24) is 20.1 Å². The molecule has 0 spiro atoms. The molecule has 0 aliphatic rings. The Morgan fingerprint density at radius 2 is 2.09 bits per heavy atom. The number of hydrogen-bond donors (Lipinski definition) is 1. The molecule has 0 bridgehead atoms. The largest absolute Gasteiger partial charge is 0.346 e. The van der Waals surface area contributed by atoms with Crippen molar-refractivity contribution in [2.75, 3.05) is 6.54 Å². The average molecular weight is 310 g/mol.